The SMILES string of the molecule is CCN(C)C(=O)c1ccc(C=CC(=O)NCC(=O)N(C)c2ccc(Cl)c(COc3cccn4c(Cl)c(C)nc34)c2Cl)cc1. The number of nitrogens with zero attached hydrogens (tertiary/aromatic N) is 4. The van der Waals surface area contributed by atoms with E-state index in [1.165, 1.54) is 11.0 Å². The van der Waals surface area contributed by atoms with E-state index in [4.69, 9.17) is 39.5 Å². The zero-order chi connectivity index (χ0) is 31.3. The summed E-state index contributed by atoms with van der Waals surface area (Å²) in [6.07, 6.45) is 4.71. The van der Waals surface area contributed by atoms with Gasteiger partial charge in [-0.2, -0.15) is 0 Å². The molecule has 0 spiro atoms. The van der Waals surface area contributed by atoms with Crippen LogP contribution in [0.3, 0.4) is 0 Å². The molecule has 9 nitrogen and oxygen atoms in total. The fourth-order valence-corrected chi connectivity index (χ4v) is 4.90. The Hall–Kier alpha value is -4.05. The van der Waals surface area contributed by atoms with E-state index in [-0.39, 0.29) is 24.1 Å². The number of anilines is 1. The molecule has 0 saturated carbocycles. The number of carbonyl (C=O) groups excluding carboxylic acids is 3. The molecule has 2 heterocycles. The first-order valence-electron chi connectivity index (χ1n) is 13.3. The van der Waals surface area contributed by atoms with E-state index in [2.05, 4.69) is 10.3 Å². The number of aryl methyl sites for hydroxylation is 1. The van der Waals surface area contributed by atoms with Crippen LogP contribution in [0.2, 0.25) is 15.2 Å². The Morgan fingerprint density at radius 1 is 1.05 bits per heavy atom. The molecular weight excluding hydrogens is 613 g/mol. The van der Waals surface area contributed by atoms with Crippen molar-refractivity contribution in [2.24, 2.45) is 0 Å². The lowest BCUT2D eigenvalue weighted by molar-refractivity contribution is -0.122. The largest absolute Gasteiger partial charge is 0.485 e. The van der Waals surface area contributed by atoms with Gasteiger partial charge < -0.3 is 19.9 Å². The van der Waals surface area contributed by atoms with Crippen molar-refractivity contribution in [1.82, 2.24) is 19.6 Å². The predicted octanol–water partition coefficient (Wildman–Crippen LogP) is 6.07. The van der Waals surface area contributed by atoms with Gasteiger partial charge in [-0.1, -0.05) is 46.9 Å². The van der Waals surface area contributed by atoms with Crippen LogP contribution >= 0.6 is 34.8 Å². The Balaban J connectivity index is 1.37. The van der Waals surface area contributed by atoms with Gasteiger partial charge in [-0.15, -0.1) is 0 Å². The van der Waals surface area contributed by atoms with Gasteiger partial charge in [-0.3, -0.25) is 18.8 Å². The van der Waals surface area contributed by atoms with Crippen LogP contribution < -0.4 is 15.0 Å². The third-order valence-corrected chi connectivity index (χ3v) is 8.04. The van der Waals surface area contributed by atoms with Crippen LogP contribution in [0.15, 0.2) is 60.8 Å². The highest BCUT2D eigenvalue weighted by molar-refractivity contribution is 6.38. The van der Waals surface area contributed by atoms with E-state index in [0.717, 1.165) is 5.56 Å². The van der Waals surface area contributed by atoms with Crippen molar-refractivity contribution in [2.75, 3.05) is 32.1 Å². The van der Waals surface area contributed by atoms with Crippen molar-refractivity contribution in [3.63, 3.8) is 0 Å². The van der Waals surface area contributed by atoms with E-state index in [1.807, 2.05) is 6.92 Å². The maximum Gasteiger partial charge on any atom is 0.253 e. The molecule has 0 radical (unpaired) electrons. The van der Waals surface area contributed by atoms with Gasteiger partial charge in [0.2, 0.25) is 11.8 Å². The lowest BCUT2D eigenvalue weighted by Gasteiger charge is -2.21. The molecule has 43 heavy (non-hydrogen) atoms. The van der Waals surface area contributed by atoms with Crippen molar-refractivity contribution >= 4 is 69.9 Å². The van der Waals surface area contributed by atoms with E-state index < -0.39 is 11.8 Å². The Kier molecular flexibility index (Phi) is 10.3. The summed E-state index contributed by atoms with van der Waals surface area (Å²) in [5.41, 5.74) is 3.40. The first-order valence-corrected chi connectivity index (χ1v) is 14.5. The molecule has 0 aliphatic heterocycles. The topological polar surface area (TPSA) is 96.2 Å². The summed E-state index contributed by atoms with van der Waals surface area (Å²) in [7, 11) is 3.29. The van der Waals surface area contributed by atoms with Crippen molar-refractivity contribution in [2.45, 2.75) is 20.5 Å². The molecule has 0 aliphatic rings. The lowest BCUT2D eigenvalue weighted by atomic mass is 10.1. The average Bonchev–Trinajstić information content (AvgIpc) is 3.31. The third kappa shape index (κ3) is 7.30. The Labute approximate surface area is 264 Å². The predicted molar refractivity (Wildman–Crippen MR) is 170 cm³/mol. The van der Waals surface area contributed by atoms with Gasteiger partial charge in [0.25, 0.3) is 5.91 Å². The summed E-state index contributed by atoms with van der Waals surface area (Å²) < 4.78 is 7.72. The average molecular weight is 643 g/mol. The van der Waals surface area contributed by atoms with Crippen molar-refractivity contribution < 1.29 is 19.1 Å². The molecule has 0 fully saturated rings. The molecule has 12 heteroatoms. The van der Waals surface area contributed by atoms with E-state index in [1.54, 1.807) is 91.1 Å². The highest BCUT2D eigenvalue weighted by Crippen LogP contribution is 2.35. The summed E-state index contributed by atoms with van der Waals surface area (Å²) in [5, 5.41) is 3.68. The fraction of sp³-hybridized carbons (Fsp3) is 0.226. The molecule has 0 bridgehead atoms. The molecule has 2 aromatic heterocycles. The van der Waals surface area contributed by atoms with Gasteiger partial charge in [-0.05, 0) is 61.9 Å². The van der Waals surface area contributed by atoms with Gasteiger partial charge in [-0.25, -0.2) is 4.98 Å². The monoisotopic (exact) mass is 641 g/mol. The van der Waals surface area contributed by atoms with E-state index in [9.17, 15) is 14.4 Å². The number of imidazole rings is 1. The fourth-order valence-electron chi connectivity index (χ4n) is 4.11. The maximum absolute atomic E-state index is 12.9. The molecule has 3 amide bonds. The first kappa shape index (κ1) is 31.9. The number of amides is 3. The number of hydrogen-bond donors (Lipinski definition) is 1. The molecule has 2 aromatic carbocycles. The highest BCUT2D eigenvalue weighted by Gasteiger charge is 2.20. The van der Waals surface area contributed by atoms with E-state index in [0.29, 0.717) is 50.6 Å². The van der Waals surface area contributed by atoms with Crippen LogP contribution in [0.5, 0.6) is 5.75 Å². The van der Waals surface area contributed by atoms with Gasteiger partial charge in [0, 0.05) is 49.1 Å². The van der Waals surface area contributed by atoms with Crippen LogP contribution in [0.1, 0.15) is 34.1 Å². The lowest BCUT2D eigenvalue weighted by Crippen LogP contribution is -2.37. The van der Waals surface area contributed by atoms with Crippen LogP contribution in [0, 0.1) is 6.92 Å². The Morgan fingerprint density at radius 2 is 1.77 bits per heavy atom. The summed E-state index contributed by atoms with van der Waals surface area (Å²) in [6.45, 7) is 4.06. The number of fused-ring (bicyclic) bond motifs is 1. The highest BCUT2D eigenvalue weighted by atomic mass is 35.5. The number of pyridine rings is 1. The second kappa shape index (κ2) is 13.9. The van der Waals surface area contributed by atoms with E-state index >= 15 is 0 Å². The maximum atomic E-state index is 12.9. The van der Waals surface area contributed by atoms with Gasteiger partial charge >= 0.3 is 0 Å². The van der Waals surface area contributed by atoms with Gasteiger partial charge in [0.15, 0.2) is 11.4 Å². The molecule has 0 aliphatic carbocycles. The zero-order valence-electron chi connectivity index (χ0n) is 24.0. The number of rotatable bonds is 10. The second-order valence-corrected chi connectivity index (χ2v) is 10.8. The number of nitrogens with one attached hydrogen (secondary N) is 1. The summed E-state index contributed by atoms with van der Waals surface area (Å²) >= 11 is 19.4. The quantitative estimate of drug-likeness (QED) is 0.212. The van der Waals surface area contributed by atoms with Crippen LogP contribution in [-0.2, 0) is 16.2 Å². The summed E-state index contributed by atoms with van der Waals surface area (Å²) in [4.78, 5) is 44.9. The molecule has 1 N–H and O–H groups in total. The van der Waals surface area contributed by atoms with Crippen LogP contribution in [-0.4, -0.2) is 59.2 Å². The van der Waals surface area contributed by atoms with Crippen molar-refractivity contribution in [3.8, 4) is 5.75 Å². The molecule has 0 unspecified atom stereocenters. The number of hydrogen-bond acceptors (Lipinski definition) is 5. The van der Waals surface area contributed by atoms with Gasteiger partial charge in [0.1, 0.15) is 11.8 Å². The smallest absolute Gasteiger partial charge is 0.253 e. The van der Waals surface area contributed by atoms with Crippen molar-refractivity contribution in [3.05, 3.63) is 98.4 Å². The minimum Gasteiger partial charge on any atom is -0.485 e. The Bertz CT molecular complexity index is 1700. The molecular formula is C31H30Cl3N5O4. The number of aromatic nitrogens is 2. The number of halogens is 3. The number of benzene rings is 2. The molecule has 224 valence electrons. The first-order chi connectivity index (χ1) is 20.5. The van der Waals surface area contributed by atoms with Crippen molar-refractivity contribution in [1.29, 1.82) is 0 Å². The summed E-state index contributed by atoms with van der Waals surface area (Å²) in [5.74, 6) is -0.435. The molecule has 4 aromatic rings. The van der Waals surface area contributed by atoms with Crippen LogP contribution in [0.4, 0.5) is 5.69 Å². The number of carbonyl (C=O) groups is 3. The Morgan fingerprint density at radius 3 is 2.47 bits per heavy atom. The zero-order valence-corrected chi connectivity index (χ0v) is 26.3. The standard InChI is InChI=1S/C31H30Cl3N5O4/c1-5-37(3)31(42)21-11-8-20(9-12-21)10-15-26(40)35-17-27(41)38(4)24-14-13-23(32)22(28(24)33)18-43-25-7-6-16-39-29(34)19(2)36-30(25)39/h6-16H,5,17-18H2,1-4H3,(H,35,40). The third-order valence-electron chi connectivity index (χ3n) is 6.81. The minimum atomic E-state index is -0.451. The molecule has 4 rings (SSSR count). The number of ether oxygens (including phenoxy) is 1. The second-order valence-electron chi connectivity index (χ2n) is 9.65. The van der Waals surface area contributed by atoms with Crippen LogP contribution in [0.25, 0.3) is 11.7 Å². The summed E-state index contributed by atoms with van der Waals surface area (Å²) in [6, 6.07) is 13.7. The van der Waals surface area contributed by atoms with Gasteiger partial charge in [0.05, 0.1) is 22.9 Å². The molecule has 0 saturated heterocycles. The normalized spacial score (nSPS) is 11.1. The number of likely N-dealkylation sites (N-methyl/N-ethyl adjacent to an activating group) is 1. The molecule has 0 atom stereocenters. The minimum absolute atomic E-state index is 0.0166.